The highest BCUT2D eigenvalue weighted by atomic mass is 19.3. The molecule has 2 fully saturated rings. The van der Waals surface area contributed by atoms with Gasteiger partial charge in [-0.1, -0.05) is 0 Å². The van der Waals surface area contributed by atoms with Crippen LogP contribution < -0.4 is 11.1 Å². The van der Waals surface area contributed by atoms with Crippen molar-refractivity contribution >= 4 is 11.5 Å². The fraction of sp³-hybridized carbons (Fsp3) is 0.647. The molecule has 0 spiro atoms. The molecule has 2 aliphatic carbocycles. The minimum atomic E-state index is -2.52. The maximum Gasteiger partial charge on any atom is 0.248 e. The molecule has 5 nitrogen and oxygen atoms in total. The molecule has 0 radical (unpaired) electrons. The molecule has 0 unspecified atom stereocenters. The molecule has 2 atom stereocenters. The second-order valence-corrected chi connectivity index (χ2v) is 7.21. The molecule has 2 aliphatic rings. The molecular weight excluding hydrogens is 312 g/mol. The number of nitrogens with zero attached hydrogens (tertiary/aromatic N) is 3. The molecule has 2 heterocycles. The van der Waals surface area contributed by atoms with Gasteiger partial charge < -0.3 is 11.1 Å². The van der Waals surface area contributed by atoms with Crippen LogP contribution in [0.25, 0.3) is 5.65 Å². The van der Waals surface area contributed by atoms with E-state index in [9.17, 15) is 8.78 Å². The summed E-state index contributed by atoms with van der Waals surface area (Å²) in [7, 11) is 0. The van der Waals surface area contributed by atoms with Gasteiger partial charge in [0.1, 0.15) is 5.82 Å². The van der Waals surface area contributed by atoms with Crippen LogP contribution in [0, 0.1) is 0 Å². The van der Waals surface area contributed by atoms with Crippen molar-refractivity contribution in [3.05, 3.63) is 24.0 Å². The standard InChI is InChI=1S/C17H23F2N5/c18-17(19)6-3-11(4-7-17)14-10-16(22-13-2-1-12(20)9-13)24-15(23-14)5-8-21-24/h5,8,10-13,22H,1-4,6-7,9,20H2/t12-,13-/m0/s1. The smallest absolute Gasteiger partial charge is 0.248 e. The zero-order valence-electron chi connectivity index (χ0n) is 13.6. The van der Waals surface area contributed by atoms with Gasteiger partial charge in [-0.05, 0) is 32.1 Å². The summed E-state index contributed by atoms with van der Waals surface area (Å²) < 4.78 is 28.6. The predicted molar refractivity (Wildman–Crippen MR) is 88.4 cm³/mol. The molecule has 7 heteroatoms. The van der Waals surface area contributed by atoms with E-state index in [1.165, 1.54) is 0 Å². The number of rotatable bonds is 3. The van der Waals surface area contributed by atoms with Gasteiger partial charge in [-0.3, -0.25) is 0 Å². The Balaban J connectivity index is 1.60. The average Bonchev–Trinajstić information content (AvgIpc) is 3.16. The van der Waals surface area contributed by atoms with Crippen molar-refractivity contribution in [1.29, 1.82) is 0 Å². The number of fused-ring (bicyclic) bond motifs is 1. The first kappa shape index (κ1) is 15.7. The summed E-state index contributed by atoms with van der Waals surface area (Å²) in [5, 5.41) is 7.86. The molecule has 2 saturated carbocycles. The number of aromatic nitrogens is 3. The lowest BCUT2D eigenvalue weighted by atomic mass is 9.84. The Morgan fingerprint density at radius 1 is 1.21 bits per heavy atom. The Hall–Kier alpha value is -1.76. The van der Waals surface area contributed by atoms with Crippen LogP contribution in [0.4, 0.5) is 14.6 Å². The van der Waals surface area contributed by atoms with E-state index in [0.717, 1.165) is 36.4 Å². The van der Waals surface area contributed by atoms with E-state index in [1.54, 1.807) is 10.7 Å². The maximum atomic E-state index is 13.4. The second-order valence-electron chi connectivity index (χ2n) is 7.21. The van der Waals surface area contributed by atoms with E-state index in [1.807, 2.05) is 12.1 Å². The summed E-state index contributed by atoms with van der Waals surface area (Å²) >= 11 is 0. The molecule has 2 aromatic rings. The number of nitrogens with two attached hydrogens (primary N) is 1. The fourth-order valence-corrected chi connectivity index (χ4v) is 3.94. The predicted octanol–water partition coefficient (Wildman–Crippen LogP) is 3.31. The lowest BCUT2D eigenvalue weighted by molar-refractivity contribution is -0.0384. The number of hydrogen-bond acceptors (Lipinski definition) is 4. The van der Waals surface area contributed by atoms with Crippen molar-refractivity contribution in [3.63, 3.8) is 0 Å². The Morgan fingerprint density at radius 3 is 2.71 bits per heavy atom. The first-order valence-electron chi connectivity index (χ1n) is 8.75. The molecule has 4 rings (SSSR count). The molecule has 130 valence electrons. The highest BCUT2D eigenvalue weighted by Gasteiger charge is 2.36. The Kier molecular flexibility index (Phi) is 3.90. The second kappa shape index (κ2) is 5.95. The highest BCUT2D eigenvalue weighted by Crippen LogP contribution is 2.41. The lowest BCUT2D eigenvalue weighted by Gasteiger charge is -2.28. The van der Waals surface area contributed by atoms with Gasteiger partial charge in [0.05, 0.1) is 6.20 Å². The number of halogens is 2. The summed E-state index contributed by atoms with van der Waals surface area (Å²) in [6.45, 7) is 0. The van der Waals surface area contributed by atoms with Gasteiger partial charge >= 0.3 is 0 Å². The van der Waals surface area contributed by atoms with Crippen LogP contribution in [0.15, 0.2) is 18.3 Å². The Labute approximate surface area is 139 Å². The molecule has 0 aliphatic heterocycles. The Bertz CT molecular complexity index is 719. The van der Waals surface area contributed by atoms with Crippen LogP contribution in [0.1, 0.15) is 56.6 Å². The monoisotopic (exact) mass is 335 g/mol. The highest BCUT2D eigenvalue weighted by molar-refractivity contribution is 5.50. The quantitative estimate of drug-likeness (QED) is 0.903. The van der Waals surface area contributed by atoms with Crippen molar-refractivity contribution in [2.75, 3.05) is 5.32 Å². The average molecular weight is 335 g/mol. The normalized spacial score (nSPS) is 27.6. The summed E-state index contributed by atoms with van der Waals surface area (Å²) in [5.41, 5.74) is 7.65. The van der Waals surface area contributed by atoms with Crippen molar-refractivity contribution in [1.82, 2.24) is 14.6 Å². The lowest BCUT2D eigenvalue weighted by Crippen LogP contribution is -2.25. The molecule has 24 heavy (non-hydrogen) atoms. The number of hydrogen-bond donors (Lipinski definition) is 2. The van der Waals surface area contributed by atoms with E-state index in [4.69, 9.17) is 5.73 Å². The van der Waals surface area contributed by atoms with Crippen LogP contribution in [-0.4, -0.2) is 32.6 Å². The van der Waals surface area contributed by atoms with Crippen LogP contribution in [0.3, 0.4) is 0 Å². The fourth-order valence-electron chi connectivity index (χ4n) is 3.94. The third-order valence-electron chi connectivity index (χ3n) is 5.34. The molecule has 2 aromatic heterocycles. The van der Waals surface area contributed by atoms with E-state index in [2.05, 4.69) is 15.4 Å². The Morgan fingerprint density at radius 2 is 2.00 bits per heavy atom. The first-order chi connectivity index (χ1) is 11.5. The largest absolute Gasteiger partial charge is 0.367 e. The molecule has 0 aromatic carbocycles. The molecule has 0 amide bonds. The molecule has 0 bridgehead atoms. The third kappa shape index (κ3) is 3.09. The van der Waals surface area contributed by atoms with E-state index in [-0.39, 0.29) is 24.8 Å². The van der Waals surface area contributed by atoms with E-state index >= 15 is 0 Å². The van der Waals surface area contributed by atoms with Gasteiger partial charge in [0, 0.05) is 48.7 Å². The van der Waals surface area contributed by atoms with Crippen LogP contribution in [-0.2, 0) is 0 Å². The number of anilines is 1. The number of alkyl halides is 2. The van der Waals surface area contributed by atoms with Gasteiger partial charge in [0.15, 0.2) is 5.65 Å². The number of nitrogens with one attached hydrogen (secondary N) is 1. The van der Waals surface area contributed by atoms with Crippen molar-refractivity contribution in [3.8, 4) is 0 Å². The van der Waals surface area contributed by atoms with Crippen molar-refractivity contribution in [2.24, 2.45) is 5.73 Å². The van der Waals surface area contributed by atoms with Crippen LogP contribution in [0.5, 0.6) is 0 Å². The zero-order valence-corrected chi connectivity index (χ0v) is 13.6. The minimum Gasteiger partial charge on any atom is -0.367 e. The van der Waals surface area contributed by atoms with Crippen molar-refractivity contribution in [2.45, 2.75) is 68.9 Å². The molecule has 3 N–H and O–H groups in total. The maximum absolute atomic E-state index is 13.4. The van der Waals surface area contributed by atoms with Gasteiger partial charge in [0.2, 0.25) is 5.92 Å². The van der Waals surface area contributed by atoms with Gasteiger partial charge in [-0.2, -0.15) is 9.61 Å². The summed E-state index contributed by atoms with van der Waals surface area (Å²) in [4.78, 5) is 4.65. The first-order valence-corrected chi connectivity index (χ1v) is 8.75. The topological polar surface area (TPSA) is 68.2 Å². The summed E-state index contributed by atoms with van der Waals surface area (Å²) in [6, 6.07) is 4.42. The van der Waals surface area contributed by atoms with Gasteiger partial charge in [-0.15, -0.1) is 0 Å². The summed E-state index contributed by atoms with van der Waals surface area (Å²) in [5.74, 6) is -1.54. The van der Waals surface area contributed by atoms with Gasteiger partial charge in [0.25, 0.3) is 0 Å². The van der Waals surface area contributed by atoms with Crippen LogP contribution >= 0.6 is 0 Å². The SMILES string of the molecule is N[C@H]1CC[C@H](Nc2cc(C3CCC(F)(F)CC3)nc3ccnn23)C1. The van der Waals surface area contributed by atoms with Crippen molar-refractivity contribution < 1.29 is 8.78 Å². The van der Waals surface area contributed by atoms with E-state index < -0.39 is 5.92 Å². The molecular formula is C17H23F2N5. The third-order valence-corrected chi connectivity index (χ3v) is 5.34. The van der Waals surface area contributed by atoms with Crippen LogP contribution in [0.2, 0.25) is 0 Å². The van der Waals surface area contributed by atoms with E-state index in [0.29, 0.717) is 18.9 Å². The van der Waals surface area contributed by atoms with Gasteiger partial charge in [-0.25, -0.2) is 13.8 Å². The molecule has 0 saturated heterocycles. The zero-order chi connectivity index (χ0) is 16.7. The minimum absolute atomic E-state index is 0.0516. The summed E-state index contributed by atoms with van der Waals surface area (Å²) in [6.07, 6.45) is 5.58.